The number of benzene rings is 1. The lowest BCUT2D eigenvalue weighted by Crippen LogP contribution is -2.32. The molecule has 0 unspecified atom stereocenters. The molecule has 1 amide bonds. The molecule has 1 saturated heterocycles. The van der Waals surface area contributed by atoms with Gasteiger partial charge in [0.15, 0.2) is 5.69 Å². The van der Waals surface area contributed by atoms with Gasteiger partial charge < -0.3 is 15.4 Å². The van der Waals surface area contributed by atoms with E-state index in [4.69, 9.17) is 5.73 Å². The predicted molar refractivity (Wildman–Crippen MR) is 88.5 cm³/mol. The molecule has 136 valence electrons. The molecule has 25 heavy (non-hydrogen) atoms. The van der Waals surface area contributed by atoms with Crippen molar-refractivity contribution >= 4 is 18.3 Å². The van der Waals surface area contributed by atoms with Crippen molar-refractivity contribution in [3.05, 3.63) is 35.7 Å². The molecular weight excluding hydrogens is 356 g/mol. The molecule has 1 aliphatic heterocycles. The van der Waals surface area contributed by atoms with Gasteiger partial charge >= 0.3 is 6.61 Å². The van der Waals surface area contributed by atoms with Crippen LogP contribution in [-0.4, -0.2) is 51.5 Å². The first kappa shape index (κ1) is 19.1. The first-order valence-corrected chi connectivity index (χ1v) is 7.48. The Labute approximate surface area is 149 Å². The third-order valence-electron chi connectivity index (χ3n) is 3.92. The van der Waals surface area contributed by atoms with Crippen LogP contribution in [0.3, 0.4) is 0 Å². The van der Waals surface area contributed by atoms with E-state index in [1.165, 1.54) is 16.8 Å². The fourth-order valence-electron chi connectivity index (χ4n) is 2.66. The summed E-state index contributed by atoms with van der Waals surface area (Å²) < 4.78 is 30.1. The Morgan fingerprint density at radius 2 is 2.04 bits per heavy atom. The quantitative estimate of drug-likeness (QED) is 0.882. The summed E-state index contributed by atoms with van der Waals surface area (Å²) in [6.07, 6.45) is 0.768. The van der Waals surface area contributed by atoms with Crippen LogP contribution < -0.4 is 10.5 Å². The van der Waals surface area contributed by atoms with Crippen molar-refractivity contribution < 1.29 is 18.3 Å². The molecular formula is C15H18ClF2N5O2. The molecule has 0 bridgehead atoms. The van der Waals surface area contributed by atoms with Gasteiger partial charge in [-0.3, -0.25) is 4.79 Å². The van der Waals surface area contributed by atoms with Gasteiger partial charge in [-0.25, -0.2) is 4.68 Å². The summed E-state index contributed by atoms with van der Waals surface area (Å²) in [7, 11) is 0. The second-order valence-corrected chi connectivity index (χ2v) is 5.61. The second kappa shape index (κ2) is 7.75. The van der Waals surface area contributed by atoms with Crippen molar-refractivity contribution in [2.75, 3.05) is 13.1 Å². The van der Waals surface area contributed by atoms with Crippen LogP contribution in [0.2, 0.25) is 0 Å². The zero-order chi connectivity index (χ0) is 17.3. The normalized spacial score (nSPS) is 16.8. The molecule has 0 saturated carbocycles. The number of amides is 1. The molecule has 2 heterocycles. The fourth-order valence-corrected chi connectivity index (χ4v) is 2.66. The van der Waals surface area contributed by atoms with Gasteiger partial charge in [0.25, 0.3) is 5.91 Å². The van der Waals surface area contributed by atoms with Gasteiger partial charge in [-0.15, -0.1) is 17.5 Å². The Hall–Kier alpha value is -2.26. The van der Waals surface area contributed by atoms with Crippen molar-refractivity contribution in [2.45, 2.75) is 26.0 Å². The van der Waals surface area contributed by atoms with E-state index in [-0.39, 0.29) is 35.8 Å². The van der Waals surface area contributed by atoms with E-state index in [1.54, 1.807) is 24.0 Å². The van der Waals surface area contributed by atoms with E-state index in [2.05, 4.69) is 15.0 Å². The van der Waals surface area contributed by atoms with E-state index in [0.717, 1.165) is 6.42 Å². The van der Waals surface area contributed by atoms with E-state index < -0.39 is 6.61 Å². The summed E-state index contributed by atoms with van der Waals surface area (Å²) in [5.41, 5.74) is 7.25. The third kappa shape index (κ3) is 4.05. The number of alkyl halides is 2. The van der Waals surface area contributed by atoms with Crippen LogP contribution in [-0.2, 0) is 0 Å². The predicted octanol–water partition coefficient (Wildman–Crippen LogP) is 1.77. The first-order valence-electron chi connectivity index (χ1n) is 7.48. The van der Waals surface area contributed by atoms with Crippen molar-refractivity contribution in [3.8, 4) is 11.4 Å². The van der Waals surface area contributed by atoms with Crippen LogP contribution in [0, 0.1) is 6.92 Å². The minimum Gasteiger partial charge on any atom is -0.435 e. The van der Waals surface area contributed by atoms with Crippen LogP contribution in [0.15, 0.2) is 24.3 Å². The van der Waals surface area contributed by atoms with Crippen molar-refractivity contribution in [3.63, 3.8) is 0 Å². The van der Waals surface area contributed by atoms with Crippen LogP contribution in [0.4, 0.5) is 8.78 Å². The minimum absolute atomic E-state index is 0. The van der Waals surface area contributed by atoms with E-state index in [1.807, 2.05) is 0 Å². The Morgan fingerprint density at radius 3 is 2.60 bits per heavy atom. The highest BCUT2D eigenvalue weighted by Gasteiger charge is 2.28. The number of carbonyl (C=O) groups is 1. The highest BCUT2D eigenvalue weighted by atomic mass is 35.5. The third-order valence-corrected chi connectivity index (χ3v) is 3.92. The first-order chi connectivity index (χ1) is 11.5. The Morgan fingerprint density at radius 1 is 1.36 bits per heavy atom. The molecule has 2 N–H and O–H groups in total. The summed E-state index contributed by atoms with van der Waals surface area (Å²) in [6.45, 7) is -0.0381. The van der Waals surface area contributed by atoms with Crippen molar-refractivity contribution in [1.29, 1.82) is 0 Å². The molecule has 0 radical (unpaired) electrons. The Bertz CT molecular complexity index is 738. The van der Waals surface area contributed by atoms with Crippen LogP contribution >= 0.6 is 12.4 Å². The number of carbonyl (C=O) groups excluding carboxylic acids is 1. The van der Waals surface area contributed by atoms with Crippen LogP contribution in [0.1, 0.15) is 22.6 Å². The maximum absolute atomic E-state index is 12.5. The standard InChI is InChI=1S/C15H17F2N5O2.ClH/c1-9-13(14(23)21-7-6-10(18)8-21)19-20-22(9)11-2-4-12(5-3-11)24-15(16)17;/h2-5,10,15H,6-8,18H2,1H3;1H/t10-;/m1./s1. The topological polar surface area (TPSA) is 86.3 Å². The van der Waals surface area contributed by atoms with Gasteiger partial charge in [0.05, 0.1) is 11.4 Å². The summed E-state index contributed by atoms with van der Waals surface area (Å²) >= 11 is 0. The van der Waals surface area contributed by atoms with Gasteiger partial charge in [0.1, 0.15) is 5.75 Å². The molecule has 1 aliphatic rings. The summed E-state index contributed by atoms with van der Waals surface area (Å²) in [6, 6.07) is 5.94. The van der Waals surface area contributed by atoms with Gasteiger partial charge in [-0.2, -0.15) is 8.78 Å². The van der Waals surface area contributed by atoms with Gasteiger partial charge in [0, 0.05) is 19.1 Å². The molecule has 0 aliphatic carbocycles. The number of aromatic nitrogens is 3. The monoisotopic (exact) mass is 373 g/mol. The lowest BCUT2D eigenvalue weighted by molar-refractivity contribution is -0.0498. The molecule has 3 rings (SSSR count). The molecule has 2 aromatic rings. The molecule has 1 aromatic carbocycles. The second-order valence-electron chi connectivity index (χ2n) is 5.61. The molecule has 1 atom stereocenters. The van der Waals surface area contributed by atoms with Crippen LogP contribution in [0.5, 0.6) is 5.75 Å². The maximum Gasteiger partial charge on any atom is 0.387 e. The fraction of sp³-hybridized carbons (Fsp3) is 0.400. The number of hydrogen-bond acceptors (Lipinski definition) is 5. The molecule has 1 aromatic heterocycles. The number of nitrogens with two attached hydrogens (primary N) is 1. The summed E-state index contributed by atoms with van der Waals surface area (Å²) in [5.74, 6) is -0.154. The molecule has 0 spiro atoms. The van der Waals surface area contributed by atoms with Crippen molar-refractivity contribution in [2.24, 2.45) is 5.73 Å². The number of nitrogens with zero attached hydrogens (tertiary/aromatic N) is 4. The van der Waals surface area contributed by atoms with E-state index in [9.17, 15) is 13.6 Å². The largest absolute Gasteiger partial charge is 0.435 e. The number of likely N-dealkylation sites (tertiary alicyclic amines) is 1. The average Bonchev–Trinajstić information content (AvgIpc) is 3.13. The Balaban J connectivity index is 0.00000225. The van der Waals surface area contributed by atoms with Gasteiger partial charge in [-0.05, 0) is 37.6 Å². The number of ether oxygens (including phenoxy) is 1. The smallest absolute Gasteiger partial charge is 0.387 e. The number of hydrogen-bond donors (Lipinski definition) is 1. The Kier molecular flexibility index (Phi) is 5.91. The van der Waals surface area contributed by atoms with Gasteiger partial charge in [0.2, 0.25) is 0 Å². The zero-order valence-electron chi connectivity index (χ0n) is 13.4. The molecule has 1 fully saturated rings. The minimum atomic E-state index is -2.87. The van der Waals surface area contributed by atoms with Crippen LogP contribution in [0.25, 0.3) is 5.69 Å². The number of halogens is 3. The highest BCUT2D eigenvalue weighted by Crippen LogP contribution is 2.20. The highest BCUT2D eigenvalue weighted by molar-refractivity contribution is 5.93. The molecule has 10 heteroatoms. The van der Waals surface area contributed by atoms with E-state index in [0.29, 0.717) is 24.5 Å². The zero-order valence-corrected chi connectivity index (χ0v) is 14.2. The SMILES string of the molecule is Cc1c(C(=O)N2CC[C@@H](N)C2)nnn1-c1ccc(OC(F)F)cc1.Cl. The number of rotatable bonds is 4. The van der Waals surface area contributed by atoms with Crippen molar-refractivity contribution in [1.82, 2.24) is 19.9 Å². The summed E-state index contributed by atoms with van der Waals surface area (Å²) in [4.78, 5) is 14.1. The lowest BCUT2D eigenvalue weighted by Gasteiger charge is -2.14. The molecule has 7 nitrogen and oxygen atoms in total. The average molecular weight is 374 g/mol. The maximum atomic E-state index is 12.5. The van der Waals surface area contributed by atoms with E-state index >= 15 is 0 Å². The van der Waals surface area contributed by atoms with Gasteiger partial charge in [-0.1, -0.05) is 5.21 Å². The lowest BCUT2D eigenvalue weighted by atomic mass is 10.2. The summed E-state index contributed by atoms with van der Waals surface area (Å²) in [5, 5.41) is 7.95.